The third-order valence-corrected chi connectivity index (χ3v) is 2.64. The first kappa shape index (κ1) is 8.40. The molecule has 0 aliphatic carbocycles. The normalized spacial score (nSPS) is 10.8. The summed E-state index contributed by atoms with van der Waals surface area (Å²) >= 11 is 1.47. The second-order valence-electron chi connectivity index (χ2n) is 2.67. The van der Waals surface area contributed by atoms with Crippen LogP contribution in [-0.2, 0) is 6.54 Å². The van der Waals surface area contributed by atoms with Crippen LogP contribution in [0, 0.1) is 0 Å². The average molecular weight is 195 g/mol. The topological polar surface area (TPSA) is 60.9 Å². The molecule has 0 fully saturated rings. The van der Waals surface area contributed by atoms with Crippen LogP contribution in [0.15, 0.2) is 22.6 Å². The Hall–Kier alpha value is -1.20. The second kappa shape index (κ2) is 3.27. The lowest BCUT2D eigenvalue weighted by Gasteiger charge is -2.01. The number of fused-ring (bicyclic) bond motifs is 1. The zero-order valence-electron chi connectivity index (χ0n) is 6.93. The van der Waals surface area contributed by atoms with E-state index in [-0.39, 0.29) is 5.56 Å². The van der Waals surface area contributed by atoms with E-state index < -0.39 is 0 Å². The molecule has 0 atom stereocenters. The molecule has 0 saturated carbocycles. The number of hydrogen-bond acceptors (Lipinski definition) is 4. The van der Waals surface area contributed by atoms with Crippen molar-refractivity contribution in [3.63, 3.8) is 0 Å². The molecule has 2 aromatic heterocycles. The summed E-state index contributed by atoms with van der Waals surface area (Å²) in [6.45, 7) is 0.981. The number of aromatic nitrogens is 2. The summed E-state index contributed by atoms with van der Waals surface area (Å²) in [5, 5.41) is 2.55. The molecule has 0 aliphatic heterocycles. The van der Waals surface area contributed by atoms with E-state index in [1.54, 1.807) is 12.4 Å². The molecule has 5 heteroatoms. The SMILES string of the molecule is NCCn1cnc2sccc2c1=O. The van der Waals surface area contributed by atoms with Crippen LogP contribution in [0.5, 0.6) is 0 Å². The molecule has 0 amide bonds. The monoisotopic (exact) mass is 195 g/mol. The molecule has 2 N–H and O–H groups in total. The van der Waals surface area contributed by atoms with E-state index in [1.165, 1.54) is 15.9 Å². The van der Waals surface area contributed by atoms with Crippen LogP contribution >= 0.6 is 11.3 Å². The molecule has 0 aromatic carbocycles. The molecular formula is C8H9N3OS. The molecule has 2 aromatic rings. The van der Waals surface area contributed by atoms with Gasteiger partial charge in [0, 0.05) is 13.1 Å². The van der Waals surface area contributed by atoms with Crippen LogP contribution in [0.1, 0.15) is 0 Å². The Morgan fingerprint density at radius 1 is 1.62 bits per heavy atom. The van der Waals surface area contributed by atoms with Gasteiger partial charge in [-0.2, -0.15) is 0 Å². The van der Waals surface area contributed by atoms with Crippen molar-refractivity contribution in [1.29, 1.82) is 0 Å². The van der Waals surface area contributed by atoms with Gasteiger partial charge in [-0.3, -0.25) is 9.36 Å². The molecule has 0 spiro atoms. The largest absolute Gasteiger partial charge is 0.329 e. The zero-order valence-corrected chi connectivity index (χ0v) is 7.75. The Morgan fingerprint density at radius 3 is 3.23 bits per heavy atom. The van der Waals surface area contributed by atoms with Gasteiger partial charge in [-0.15, -0.1) is 11.3 Å². The van der Waals surface area contributed by atoms with Gasteiger partial charge in [0.2, 0.25) is 0 Å². The molecule has 2 rings (SSSR count). The minimum absolute atomic E-state index is 0.00306. The van der Waals surface area contributed by atoms with E-state index in [2.05, 4.69) is 4.98 Å². The molecule has 2 heterocycles. The molecule has 13 heavy (non-hydrogen) atoms. The Bertz CT molecular complexity index is 473. The summed E-state index contributed by atoms with van der Waals surface area (Å²) in [5.41, 5.74) is 5.36. The predicted octanol–water partition coefficient (Wildman–Crippen LogP) is 0.417. The van der Waals surface area contributed by atoms with Gasteiger partial charge < -0.3 is 5.73 Å². The maximum atomic E-state index is 11.7. The van der Waals surface area contributed by atoms with Gasteiger partial charge in [-0.25, -0.2) is 4.98 Å². The van der Waals surface area contributed by atoms with E-state index in [0.717, 1.165) is 4.83 Å². The minimum atomic E-state index is -0.00306. The molecule has 4 nitrogen and oxygen atoms in total. The number of nitrogens with zero attached hydrogens (tertiary/aromatic N) is 2. The first-order valence-electron chi connectivity index (χ1n) is 3.95. The van der Waals surface area contributed by atoms with Crippen molar-refractivity contribution < 1.29 is 0 Å². The van der Waals surface area contributed by atoms with Crippen molar-refractivity contribution in [3.8, 4) is 0 Å². The van der Waals surface area contributed by atoms with Crippen molar-refractivity contribution in [2.24, 2.45) is 5.73 Å². The van der Waals surface area contributed by atoms with Crippen molar-refractivity contribution in [3.05, 3.63) is 28.1 Å². The van der Waals surface area contributed by atoms with E-state index in [0.29, 0.717) is 18.5 Å². The number of hydrogen-bond donors (Lipinski definition) is 1. The number of rotatable bonds is 2. The third kappa shape index (κ3) is 1.36. The van der Waals surface area contributed by atoms with Gasteiger partial charge in [-0.05, 0) is 11.4 Å². The molecule has 0 radical (unpaired) electrons. The predicted molar refractivity (Wildman–Crippen MR) is 52.9 cm³/mol. The van der Waals surface area contributed by atoms with Gasteiger partial charge in [0.1, 0.15) is 4.83 Å². The lowest BCUT2D eigenvalue weighted by atomic mass is 10.4. The summed E-state index contributed by atoms with van der Waals surface area (Å²) in [6.07, 6.45) is 1.55. The number of thiophene rings is 1. The van der Waals surface area contributed by atoms with Crippen molar-refractivity contribution in [1.82, 2.24) is 9.55 Å². The Kier molecular flexibility index (Phi) is 2.12. The molecule has 0 unspecified atom stereocenters. The summed E-state index contributed by atoms with van der Waals surface area (Å²) in [7, 11) is 0. The summed E-state index contributed by atoms with van der Waals surface area (Å²) in [6, 6.07) is 1.79. The van der Waals surface area contributed by atoms with Crippen LogP contribution in [0.4, 0.5) is 0 Å². The molecule has 0 saturated heterocycles. The van der Waals surface area contributed by atoms with Crippen LogP contribution < -0.4 is 11.3 Å². The van der Waals surface area contributed by atoms with Crippen LogP contribution in [0.25, 0.3) is 10.2 Å². The second-order valence-corrected chi connectivity index (χ2v) is 3.57. The summed E-state index contributed by atoms with van der Waals surface area (Å²) in [5.74, 6) is 0. The van der Waals surface area contributed by atoms with E-state index in [9.17, 15) is 4.79 Å². The smallest absolute Gasteiger partial charge is 0.262 e. The van der Waals surface area contributed by atoms with E-state index in [4.69, 9.17) is 5.73 Å². The van der Waals surface area contributed by atoms with Gasteiger partial charge in [0.25, 0.3) is 5.56 Å². The van der Waals surface area contributed by atoms with Crippen molar-refractivity contribution in [2.75, 3.05) is 6.54 Å². The lowest BCUT2D eigenvalue weighted by Crippen LogP contribution is -2.23. The van der Waals surface area contributed by atoms with E-state index in [1.807, 2.05) is 5.38 Å². The highest BCUT2D eigenvalue weighted by Crippen LogP contribution is 2.12. The molecule has 0 aliphatic rings. The van der Waals surface area contributed by atoms with Crippen LogP contribution in [0.3, 0.4) is 0 Å². The fourth-order valence-corrected chi connectivity index (χ4v) is 1.92. The van der Waals surface area contributed by atoms with Gasteiger partial charge >= 0.3 is 0 Å². The minimum Gasteiger partial charge on any atom is -0.329 e. The zero-order chi connectivity index (χ0) is 9.26. The highest BCUT2D eigenvalue weighted by atomic mass is 32.1. The van der Waals surface area contributed by atoms with Gasteiger partial charge in [0.05, 0.1) is 11.7 Å². The Balaban J connectivity index is 2.67. The van der Waals surface area contributed by atoms with Crippen molar-refractivity contribution in [2.45, 2.75) is 6.54 Å². The van der Waals surface area contributed by atoms with Gasteiger partial charge in [0.15, 0.2) is 0 Å². The van der Waals surface area contributed by atoms with E-state index >= 15 is 0 Å². The fourth-order valence-electron chi connectivity index (χ4n) is 1.19. The van der Waals surface area contributed by atoms with Crippen LogP contribution in [0.2, 0.25) is 0 Å². The van der Waals surface area contributed by atoms with Crippen LogP contribution in [-0.4, -0.2) is 16.1 Å². The molecule has 0 bridgehead atoms. The highest BCUT2D eigenvalue weighted by Gasteiger charge is 2.03. The average Bonchev–Trinajstić information content (AvgIpc) is 2.58. The summed E-state index contributed by atoms with van der Waals surface area (Å²) < 4.78 is 1.54. The highest BCUT2D eigenvalue weighted by molar-refractivity contribution is 7.16. The van der Waals surface area contributed by atoms with Gasteiger partial charge in [-0.1, -0.05) is 0 Å². The first-order chi connectivity index (χ1) is 6.33. The Morgan fingerprint density at radius 2 is 2.46 bits per heavy atom. The number of nitrogens with two attached hydrogens (primary N) is 1. The van der Waals surface area contributed by atoms with Crippen molar-refractivity contribution >= 4 is 21.6 Å². The maximum Gasteiger partial charge on any atom is 0.262 e. The molecular weight excluding hydrogens is 186 g/mol. The Labute approximate surface area is 78.6 Å². The third-order valence-electron chi connectivity index (χ3n) is 1.82. The maximum absolute atomic E-state index is 11.7. The lowest BCUT2D eigenvalue weighted by molar-refractivity contribution is 0.674. The first-order valence-corrected chi connectivity index (χ1v) is 4.83. The standard InChI is InChI=1S/C8H9N3OS/c9-2-3-11-5-10-7-6(8(11)12)1-4-13-7/h1,4-5H,2-3,9H2. The quantitative estimate of drug-likeness (QED) is 0.755. The fraction of sp³-hybridized carbons (Fsp3) is 0.250. The summed E-state index contributed by atoms with van der Waals surface area (Å²) in [4.78, 5) is 16.6. The molecule has 68 valence electrons.